The van der Waals surface area contributed by atoms with Gasteiger partial charge in [-0.15, -0.1) is 10.2 Å². The summed E-state index contributed by atoms with van der Waals surface area (Å²) in [5.74, 6) is -1.11. The summed E-state index contributed by atoms with van der Waals surface area (Å²) in [6, 6.07) is 23.8. The Morgan fingerprint density at radius 3 is 2.12 bits per heavy atom. The van der Waals surface area contributed by atoms with Crippen LogP contribution >= 0.6 is 0 Å². The molecule has 0 saturated carbocycles. The molecule has 8 heteroatoms. The topological polar surface area (TPSA) is 63.2 Å². The van der Waals surface area contributed by atoms with Crippen LogP contribution in [0, 0.1) is 0 Å². The average molecular weight is 462 g/mol. The molecule has 1 aliphatic heterocycles. The van der Waals surface area contributed by atoms with Gasteiger partial charge in [-0.3, -0.25) is 0 Å². The summed E-state index contributed by atoms with van der Waals surface area (Å²) in [7, 11) is 1.53. The zero-order valence-corrected chi connectivity index (χ0v) is 18.8. The van der Waals surface area contributed by atoms with Gasteiger partial charge in [0.2, 0.25) is 5.88 Å². The molecule has 3 heterocycles. The van der Waals surface area contributed by atoms with Crippen molar-refractivity contribution in [2.24, 2.45) is 0 Å². The van der Waals surface area contributed by atoms with E-state index in [2.05, 4.69) is 39.8 Å². The van der Waals surface area contributed by atoms with E-state index >= 15 is 0 Å². The Balaban J connectivity index is 1.58. The van der Waals surface area contributed by atoms with Gasteiger partial charge in [-0.2, -0.15) is 0 Å². The number of nitrogens with zero attached hydrogens (tertiary/aromatic N) is 4. The first-order valence-electron chi connectivity index (χ1n) is 11.2. The van der Waals surface area contributed by atoms with Crippen molar-refractivity contribution in [3.8, 4) is 5.88 Å². The highest BCUT2D eigenvalue weighted by molar-refractivity contribution is 5.91. The van der Waals surface area contributed by atoms with Crippen molar-refractivity contribution < 1.29 is 13.5 Å². The maximum atomic E-state index is 13.8. The van der Waals surface area contributed by atoms with Gasteiger partial charge in [-0.05, 0) is 17.2 Å². The molecule has 2 aromatic carbocycles. The van der Waals surface area contributed by atoms with Crippen molar-refractivity contribution in [1.29, 1.82) is 0 Å². The Morgan fingerprint density at radius 1 is 0.912 bits per heavy atom. The minimum Gasteiger partial charge on any atom is -0.480 e. The fourth-order valence-corrected chi connectivity index (χ4v) is 4.26. The fraction of sp³-hybridized carbons (Fsp3) is 0.269. The van der Waals surface area contributed by atoms with E-state index in [0.717, 1.165) is 16.5 Å². The lowest BCUT2D eigenvalue weighted by atomic mass is 9.98. The van der Waals surface area contributed by atoms with E-state index in [9.17, 15) is 8.78 Å². The van der Waals surface area contributed by atoms with Crippen LogP contribution in [0.2, 0.25) is 0 Å². The molecule has 6 nitrogen and oxygen atoms in total. The molecule has 174 valence electrons. The van der Waals surface area contributed by atoms with Crippen LogP contribution < -0.4 is 15.0 Å². The van der Waals surface area contributed by atoms with Gasteiger partial charge < -0.3 is 15.0 Å². The number of rotatable bonds is 6. The first-order chi connectivity index (χ1) is 16.5. The van der Waals surface area contributed by atoms with Gasteiger partial charge >= 0.3 is 0 Å². The molecule has 2 aromatic heterocycles. The van der Waals surface area contributed by atoms with Gasteiger partial charge in [0, 0.05) is 37.4 Å². The van der Waals surface area contributed by atoms with E-state index in [4.69, 9.17) is 9.72 Å². The van der Waals surface area contributed by atoms with Crippen molar-refractivity contribution in [2.75, 3.05) is 30.4 Å². The Kier molecular flexibility index (Phi) is 5.96. The molecule has 0 spiro atoms. The minimum absolute atomic E-state index is 0.150. The van der Waals surface area contributed by atoms with E-state index in [-0.39, 0.29) is 32.0 Å². The normalized spacial score (nSPS) is 15.5. The number of hydrogen-bond donors (Lipinski definition) is 1. The summed E-state index contributed by atoms with van der Waals surface area (Å²) in [4.78, 5) is 6.71. The maximum absolute atomic E-state index is 13.8. The van der Waals surface area contributed by atoms with Crippen LogP contribution in [0.5, 0.6) is 5.88 Å². The highest BCUT2D eigenvalue weighted by atomic mass is 19.3. The number of ether oxygens (including phenoxy) is 1. The fourth-order valence-electron chi connectivity index (χ4n) is 4.26. The van der Waals surface area contributed by atoms with Crippen molar-refractivity contribution >= 4 is 22.5 Å². The second-order valence-electron chi connectivity index (χ2n) is 8.40. The van der Waals surface area contributed by atoms with E-state index in [1.165, 1.54) is 7.11 Å². The Bertz CT molecular complexity index is 1220. The predicted octanol–water partition coefficient (Wildman–Crippen LogP) is 5.47. The van der Waals surface area contributed by atoms with Crippen molar-refractivity contribution in [2.45, 2.75) is 24.8 Å². The minimum atomic E-state index is -2.65. The number of pyridine rings is 1. The van der Waals surface area contributed by atoms with Crippen LogP contribution in [0.25, 0.3) is 10.9 Å². The van der Waals surface area contributed by atoms with E-state index < -0.39 is 5.92 Å². The molecule has 0 radical (unpaired) electrons. The van der Waals surface area contributed by atoms with Crippen LogP contribution in [0.4, 0.5) is 20.4 Å². The average Bonchev–Trinajstić information content (AvgIpc) is 2.87. The standard InChI is InChI=1S/C26H25F2N5O/c1-34-22-17-20-16-21(29-23(18-8-4-2-5-9-18)19-10-6-3-7-11-19)30-25(24(20)32-31-22)33-14-12-26(27,28)13-15-33/h2-11,16-17,23H,12-15H2,1H3,(H,29,30). The molecule has 1 N–H and O–H groups in total. The number of piperidine rings is 1. The van der Waals surface area contributed by atoms with E-state index in [1.54, 1.807) is 6.07 Å². The molecule has 1 fully saturated rings. The Labute approximate surface area is 196 Å². The van der Waals surface area contributed by atoms with Crippen molar-refractivity contribution in [3.63, 3.8) is 0 Å². The van der Waals surface area contributed by atoms with Crippen LogP contribution in [0.15, 0.2) is 72.8 Å². The SMILES string of the molecule is COc1cc2cc(NC(c3ccccc3)c3ccccc3)nc(N3CCC(F)(F)CC3)c2nn1. The Hall–Kier alpha value is -3.81. The number of methoxy groups -OCH3 is 1. The summed E-state index contributed by atoms with van der Waals surface area (Å²) in [6.07, 6.45) is -0.428. The van der Waals surface area contributed by atoms with Gasteiger partial charge in [0.05, 0.1) is 13.2 Å². The van der Waals surface area contributed by atoms with Crippen LogP contribution in [0.3, 0.4) is 0 Å². The monoisotopic (exact) mass is 461 g/mol. The zero-order chi connectivity index (χ0) is 23.5. The maximum Gasteiger partial charge on any atom is 0.251 e. The lowest BCUT2D eigenvalue weighted by molar-refractivity contribution is -0.0221. The number of alkyl halides is 2. The van der Waals surface area contributed by atoms with Gasteiger partial charge in [-0.1, -0.05) is 60.7 Å². The van der Waals surface area contributed by atoms with Crippen molar-refractivity contribution in [1.82, 2.24) is 15.2 Å². The van der Waals surface area contributed by atoms with Gasteiger partial charge in [0.15, 0.2) is 5.82 Å². The second kappa shape index (κ2) is 9.21. The molecule has 4 aromatic rings. The third-order valence-corrected chi connectivity index (χ3v) is 6.09. The van der Waals surface area contributed by atoms with E-state index in [1.807, 2.05) is 47.4 Å². The number of benzene rings is 2. The molecule has 0 unspecified atom stereocenters. The molecular weight excluding hydrogens is 436 g/mol. The highest BCUT2D eigenvalue weighted by Crippen LogP contribution is 2.35. The van der Waals surface area contributed by atoms with Crippen molar-refractivity contribution in [3.05, 3.63) is 83.9 Å². The summed E-state index contributed by atoms with van der Waals surface area (Å²) in [5, 5.41) is 12.7. The summed E-state index contributed by atoms with van der Waals surface area (Å²) in [6.45, 7) is 0.403. The number of nitrogens with one attached hydrogen (secondary N) is 1. The number of anilines is 2. The number of hydrogen-bond acceptors (Lipinski definition) is 6. The van der Waals surface area contributed by atoms with Gasteiger partial charge in [0.25, 0.3) is 5.92 Å². The molecule has 5 rings (SSSR count). The zero-order valence-electron chi connectivity index (χ0n) is 18.8. The lowest BCUT2D eigenvalue weighted by Gasteiger charge is -2.33. The number of halogens is 2. The third kappa shape index (κ3) is 4.62. The van der Waals surface area contributed by atoms with Crippen LogP contribution in [-0.4, -0.2) is 41.3 Å². The molecule has 1 saturated heterocycles. The lowest BCUT2D eigenvalue weighted by Crippen LogP contribution is -2.40. The summed E-state index contributed by atoms with van der Waals surface area (Å²) >= 11 is 0. The Morgan fingerprint density at radius 2 is 1.53 bits per heavy atom. The predicted molar refractivity (Wildman–Crippen MR) is 129 cm³/mol. The summed E-state index contributed by atoms with van der Waals surface area (Å²) in [5.41, 5.74) is 2.73. The van der Waals surface area contributed by atoms with E-state index in [0.29, 0.717) is 23.0 Å². The smallest absolute Gasteiger partial charge is 0.251 e. The first-order valence-corrected chi connectivity index (χ1v) is 11.2. The summed E-state index contributed by atoms with van der Waals surface area (Å²) < 4.78 is 32.9. The highest BCUT2D eigenvalue weighted by Gasteiger charge is 2.35. The van der Waals surface area contributed by atoms with Gasteiger partial charge in [-0.25, -0.2) is 13.8 Å². The van der Waals surface area contributed by atoms with Gasteiger partial charge in [0.1, 0.15) is 11.3 Å². The number of fused-ring (bicyclic) bond motifs is 1. The second-order valence-corrected chi connectivity index (χ2v) is 8.40. The van der Waals surface area contributed by atoms with Crippen LogP contribution in [-0.2, 0) is 0 Å². The molecule has 0 amide bonds. The molecule has 0 aliphatic carbocycles. The first kappa shape index (κ1) is 22.0. The quantitative estimate of drug-likeness (QED) is 0.411. The third-order valence-electron chi connectivity index (χ3n) is 6.09. The molecular formula is C26H25F2N5O. The molecule has 1 aliphatic rings. The molecule has 0 bridgehead atoms. The number of aromatic nitrogens is 3. The molecule has 0 atom stereocenters. The van der Waals surface area contributed by atoms with Crippen LogP contribution in [0.1, 0.15) is 30.0 Å². The molecule has 34 heavy (non-hydrogen) atoms. The largest absolute Gasteiger partial charge is 0.480 e.